The Bertz CT molecular complexity index is 820. The fraction of sp³-hybridized carbons (Fsp3) is 0.429. The van der Waals surface area contributed by atoms with Crippen LogP contribution in [0, 0.1) is 5.82 Å². The van der Waals surface area contributed by atoms with E-state index in [1.54, 1.807) is 17.0 Å². The van der Waals surface area contributed by atoms with Crippen LogP contribution in [-0.2, 0) is 10.2 Å². The molecule has 0 bridgehead atoms. The quantitative estimate of drug-likeness (QED) is 0.834. The van der Waals surface area contributed by atoms with Crippen LogP contribution < -0.4 is 0 Å². The van der Waals surface area contributed by atoms with Crippen molar-refractivity contribution < 1.29 is 18.4 Å². The minimum absolute atomic E-state index is 0.0704. The Morgan fingerprint density at radius 1 is 1.00 bits per heavy atom. The summed E-state index contributed by atoms with van der Waals surface area (Å²) in [5, 5.41) is 0. The summed E-state index contributed by atoms with van der Waals surface area (Å²) in [5.74, 6) is -0.306. The third-order valence-corrected chi connectivity index (χ3v) is 5.87. The van der Waals surface area contributed by atoms with Gasteiger partial charge in [-0.1, -0.05) is 25.0 Å². The first-order chi connectivity index (χ1) is 13.1. The lowest BCUT2D eigenvalue weighted by molar-refractivity contribution is -0.138. The molecule has 1 saturated carbocycles. The van der Waals surface area contributed by atoms with Crippen LogP contribution in [0.25, 0.3) is 0 Å². The molecule has 2 amide bonds. The lowest BCUT2D eigenvalue weighted by Crippen LogP contribution is -2.55. The van der Waals surface area contributed by atoms with Crippen molar-refractivity contribution in [1.29, 1.82) is 0 Å². The summed E-state index contributed by atoms with van der Waals surface area (Å²) in [6.45, 7) is 1.99. The van der Waals surface area contributed by atoms with E-state index in [9.17, 15) is 14.0 Å². The largest absolute Gasteiger partial charge is 0.472 e. The Labute approximate surface area is 157 Å². The van der Waals surface area contributed by atoms with Gasteiger partial charge in [0, 0.05) is 26.2 Å². The van der Waals surface area contributed by atoms with Crippen LogP contribution >= 0.6 is 0 Å². The zero-order valence-corrected chi connectivity index (χ0v) is 15.2. The highest BCUT2D eigenvalue weighted by Gasteiger charge is 2.45. The van der Waals surface area contributed by atoms with Crippen molar-refractivity contribution in [2.24, 2.45) is 0 Å². The predicted molar refractivity (Wildman–Crippen MR) is 97.7 cm³/mol. The second-order valence-electron chi connectivity index (χ2n) is 7.40. The van der Waals surface area contributed by atoms with E-state index < -0.39 is 5.41 Å². The first-order valence-electron chi connectivity index (χ1n) is 9.47. The minimum Gasteiger partial charge on any atom is -0.472 e. The second-order valence-corrected chi connectivity index (χ2v) is 7.40. The standard InChI is InChI=1S/C21H23FN2O3/c22-18-5-3-4-17(14-18)21(7-1-2-8-21)20(26)24-11-9-23(10-12-24)19(25)16-6-13-27-15-16/h3-6,13-15H,1-2,7-12H2. The smallest absolute Gasteiger partial charge is 0.257 e. The monoisotopic (exact) mass is 370 g/mol. The van der Waals surface area contributed by atoms with Gasteiger partial charge in [-0.15, -0.1) is 0 Å². The molecule has 5 nitrogen and oxygen atoms in total. The van der Waals surface area contributed by atoms with Gasteiger partial charge in [0.1, 0.15) is 12.1 Å². The third-order valence-electron chi connectivity index (χ3n) is 5.87. The molecule has 0 unspecified atom stereocenters. The Hall–Kier alpha value is -2.63. The Morgan fingerprint density at radius 3 is 2.33 bits per heavy atom. The van der Waals surface area contributed by atoms with Crippen LogP contribution in [0.5, 0.6) is 0 Å². The summed E-state index contributed by atoms with van der Waals surface area (Å²) >= 11 is 0. The summed E-state index contributed by atoms with van der Waals surface area (Å²) in [7, 11) is 0. The van der Waals surface area contributed by atoms with Crippen molar-refractivity contribution >= 4 is 11.8 Å². The van der Waals surface area contributed by atoms with Gasteiger partial charge in [0.25, 0.3) is 5.91 Å². The topological polar surface area (TPSA) is 53.8 Å². The zero-order valence-electron chi connectivity index (χ0n) is 15.2. The number of benzene rings is 1. The van der Waals surface area contributed by atoms with E-state index in [0.29, 0.717) is 31.7 Å². The molecule has 0 radical (unpaired) electrons. The molecule has 2 aromatic rings. The molecule has 1 saturated heterocycles. The van der Waals surface area contributed by atoms with E-state index in [2.05, 4.69) is 0 Å². The normalized spacial score (nSPS) is 19.3. The number of hydrogen-bond donors (Lipinski definition) is 0. The average molecular weight is 370 g/mol. The van der Waals surface area contributed by atoms with Gasteiger partial charge in [-0.25, -0.2) is 4.39 Å². The van der Waals surface area contributed by atoms with Crippen LogP contribution in [0.2, 0.25) is 0 Å². The molecule has 142 valence electrons. The molecule has 1 aliphatic heterocycles. The molecular weight excluding hydrogens is 347 g/mol. The molecule has 0 spiro atoms. The number of halogens is 1. The van der Waals surface area contributed by atoms with Crippen LogP contribution in [-0.4, -0.2) is 47.8 Å². The number of carbonyl (C=O) groups excluding carboxylic acids is 2. The molecular formula is C21H23FN2O3. The molecule has 1 aliphatic carbocycles. The molecule has 0 atom stereocenters. The maximum atomic E-state index is 13.8. The number of rotatable bonds is 3. The lowest BCUT2D eigenvalue weighted by atomic mass is 9.77. The molecule has 2 heterocycles. The zero-order chi connectivity index (χ0) is 18.9. The molecule has 0 N–H and O–H groups in total. The van der Waals surface area contributed by atoms with Gasteiger partial charge in [0.15, 0.2) is 0 Å². The van der Waals surface area contributed by atoms with E-state index in [-0.39, 0.29) is 17.6 Å². The van der Waals surface area contributed by atoms with E-state index in [0.717, 1.165) is 31.2 Å². The maximum Gasteiger partial charge on any atom is 0.257 e. The van der Waals surface area contributed by atoms with Crippen molar-refractivity contribution in [2.75, 3.05) is 26.2 Å². The number of hydrogen-bond acceptors (Lipinski definition) is 3. The maximum absolute atomic E-state index is 13.8. The summed E-state index contributed by atoms with van der Waals surface area (Å²) in [6.07, 6.45) is 6.38. The Kier molecular flexibility index (Phi) is 4.72. The Morgan fingerprint density at radius 2 is 1.70 bits per heavy atom. The number of furan rings is 1. The third kappa shape index (κ3) is 3.24. The molecule has 27 heavy (non-hydrogen) atoms. The molecule has 2 fully saturated rings. The van der Waals surface area contributed by atoms with Crippen LogP contribution in [0.4, 0.5) is 4.39 Å². The van der Waals surface area contributed by atoms with Gasteiger partial charge in [-0.2, -0.15) is 0 Å². The van der Waals surface area contributed by atoms with Gasteiger partial charge in [-0.3, -0.25) is 9.59 Å². The summed E-state index contributed by atoms with van der Waals surface area (Å²) in [4.78, 5) is 29.5. The highest BCUT2D eigenvalue weighted by atomic mass is 19.1. The average Bonchev–Trinajstić information content (AvgIpc) is 3.40. The number of carbonyl (C=O) groups is 2. The summed E-state index contributed by atoms with van der Waals surface area (Å²) in [6, 6.07) is 8.11. The Balaban J connectivity index is 1.48. The van der Waals surface area contributed by atoms with Crippen LogP contribution in [0.15, 0.2) is 47.3 Å². The van der Waals surface area contributed by atoms with Gasteiger partial charge >= 0.3 is 0 Å². The highest BCUT2D eigenvalue weighted by Crippen LogP contribution is 2.43. The summed E-state index contributed by atoms with van der Waals surface area (Å²) in [5.41, 5.74) is 0.683. The van der Waals surface area contributed by atoms with Gasteiger partial charge in [-0.05, 0) is 36.6 Å². The van der Waals surface area contributed by atoms with Gasteiger partial charge in [0.05, 0.1) is 17.2 Å². The van der Waals surface area contributed by atoms with Gasteiger partial charge < -0.3 is 14.2 Å². The second kappa shape index (κ2) is 7.18. The van der Waals surface area contributed by atoms with Crippen molar-refractivity contribution in [2.45, 2.75) is 31.1 Å². The van der Waals surface area contributed by atoms with Crippen molar-refractivity contribution in [1.82, 2.24) is 9.80 Å². The van der Waals surface area contributed by atoms with E-state index in [1.165, 1.54) is 24.7 Å². The van der Waals surface area contributed by atoms with Crippen LogP contribution in [0.1, 0.15) is 41.6 Å². The van der Waals surface area contributed by atoms with E-state index >= 15 is 0 Å². The first kappa shape index (κ1) is 17.8. The van der Waals surface area contributed by atoms with Crippen molar-refractivity contribution in [3.8, 4) is 0 Å². The predicted octanol–water partition coefficient (Wildman–Crippen LogP) is 3.22. The van der Waals surface area contributed by atoms with Crippen molar-refractivity contribution in [3.63, 3.8) is 0 Å². The number of piperazine rings is 1. The van der Waals surface area contributed by atoms with E-state index in [1.807, 2.05) is 11.0 Å². The number of amides is 2. The number of nitrogens with zero attached hydrogens (tertiary/aromatic N) is 2. The van der Waals surface area contributed by atoms with E-state index in [4.69, 9.17) is 4.42 Å². The fourth-order valence-electron chi connectivity index (χ4n) is 4.37. The molecule has 4 rings (SSSR count). The first-order valence-corrected chi connectivity index (χ1v) is 9.47. The van der Waals surface area contributed by atoms with Gasteiger partial charge in [0.2, 0.25) is 5.91 Å². The minimum atomic E-state index is -0.626. The molecule has 6 heteroatoms. The van der Waals surface area contributed by atoms with Crippen LogP contribution in [0.3, 0.4) is 0 Å². The SMILES string of the molecule is O=C(c1ccoc1)N1CCN(C(=O)C2(c3cccc(F)c3)CCCC2)CC1. The molecule has 1 aromatic carbocycles. The molecule has 1 aromatic heterocycles. The lowest BCUT2D eigenvalue weighted by Gasteiger charge is -2.40. The molecule has 2 aliphatic rings. The van der Waals surface area contributed by atoms with Crippen molar-refractivity contribution in [3.05, 3.63) is 59.8 Å². The summed E-state index contributed by atoms with van der Waals surface area (Å²) < 4.78 is 18.8. The fourth-order valence-corrected chi connectivity index (χ4v) is 4.37. The highest BCUT2D eigenvalue weighted by molar-refractivity contribution is 5.94.